The lowest BCUT2D eigenvalue weighted by atomic mass is 10.2. The summed E-state index contributed by atoms with van der Waals surface area (Å²) in [7, 11) is 0. The summed E-state index contributed by atoms with van der Waals surface area (Å²) in [6, 6.07) is 2.06. The van der Waals surface area contributed by atoms with Crippen LogP contribution in [0, 0.1) is 6.92 Å². The summed E-state index contributed by atoms with van der Waals surface area (Å²) in [5.41, 5.74) is 1.14. The monoisotopic (exact) mass is 256 g/mol. The third-order valence-electron chi connectivity index (χ3n) is 2.26. The van der Waals surface area contributed by atoms with Gasteiger partial charge in [0.2, 0.25) is 0 Å². The van der Waals surface area contributed by atoms with Crippen LogP contribution in [0.15, 0.2) is 16.7 Å². The highest BCUT2D eigenvalue weighted by Crippen LogP contribution is 2.22. The highest BCUT2D eigenvalue weighted by atomic mass is 79.9. The van der Waals surface area contributed by atoms with Gasteiger partial charge >= 0.3 is 0 Å². The smallest absolute Gasteiger partial charge is 0.155 e. The third kappa shape index (κ3) is 2.07. The number of pyridine rings is 1. The van der Waals surface area contributed by atoms with Gasteiger partial charge in [0.15, 0.2) is 5.82 Å². The number of nitrogens with zero attached hydrogens (tertiary/aromatic N) is 2. The Morgan fingerprint density at radius 2 is 2.36 bits per heavy atom. The molecule has 0 spiro atoms. The number of rotatable bonds is 1. The molecule has 1 saturated heterocycles. The molecule has 76 valence electrons. The number of hydrogen-bond donors (Lipinski definition) is 0. The zero-order valence-electron chi connectivity index (χ0n) is 8.16. The van der Waals surface area contributed by atoms with Gasteiger partial charge in [-0.05, 0) is 47.3 Å². The summed E-state index contributed by atoms with van der Waals surface area (Å²) < 4.78 is 1.01. The maximum absolute atomic E-state index is 5.54. The molecule has 1 fully saturated rings. The molecule has 0 N–H and O–H groups in total. The lowest BCUT2D eigenvalue weighted by molar-refractivity contribution is 0.0759. The number of hydroxylamine groups is 1. The van der Waals surface area contributed by atoms with E-state index in [1.54, 1.807) is 6.20 Å². The van der Waals surface area contributed by atoms with E-state index in [-0.39, 0.29) is 0 Å². The maximum Gasteiger partial charge on any atom is 0.155 e. The van der Waals surface area contributed by atoms with Gasteiger partial charge in [0.1, 0.15) is 0 Å². The van der Waals surface area contributed by atoms with Crippen LogP contribution in [0.1, 0.15) is 18.4 Å². The minimum Gasteiger partial charge on any atom is -0.272 e. The van der Waals surface area contributed by atoms with Crippen molar-refractivity contribution in [2.24, 2.45) is 0 Å². The van der Waals surface area contributed by atoms with Crippen LogP contribution in [-0.2, 0) is 4.84 Å². The zero-order valence-corrected chi connectivity index (χ0v) is 9.75. The molecule has 3 nitrogen and oxygen atoms in total. The Kier molecular flexibility index (Phi) is 3.03. The zero-order chi connectivity index (χ0) is 9.97. The fourth-order valence-corrected chi connectivity index (χ4v) is 2.00. The van der Waals surface area contributed by atoms with Crippen LogP contribution in [0.4, 0.5) is 5.82 Å². The molecule has 0 aromatic carbocycles. The Hall–Kier alpha value is -0.610. The van der Waals surface area contributed by atoms with Crippen molar-refractivity contribution < 1.29 is 4.84 Å². The molecule has 4 heteroatoms. The van der Waals surface area contributed by atoms with Crippen LogP contribution in [0.3, 0.4) is 0 Å². The topological polar surface area (TPSA) is 25.4 Å². The predicted octanol–water partition coefficient (Wildman–Crippen LogP) is 2.68. The average Bonchev–Trinajstić information content (AvgIpc) is 2.19. The molecular formula is C10H13BrN2O. The van der Waals surface area contributed by atoms with E-state index in [0.29, 0.717) is 0 Å². The van der Waals surface area contributed by atoms with Gasteiger partial charge in [-0.15, -0.1) is 0 Å². The normalized spacial score (nSPS) is 17.1. The van der Waals surface area contributed by atoms with Crippen molar-refractivity contribution in [3.63, 3.8) is 0 Å². The van der Waals surface area contributed by atoms with E-state index in [9.17, 15) is 0 Å². The van der Waals surface area contributed by atoms with Crippen molar-refractivity contribution in [3.8, 4) is 0 Å². The lowest BCUT2D eigenvalue weighted by Crippen LogP contribution is -2.31. The van der Waals surface area contributed by atoms with Gasteiger partial charge in [0.05, 0.1) is 6.61 Å². The summed E-state index contributed by atoms with van der Waals surface area (Å²) in [5, 5.41) is 1.89. The Morgan fingerprint density at radius 3 is 3.00 bits per heavy atom. The highest BCUT2D eigenvalue weighted by Gasteiger charge is 2.14. The molecule has 2 rings (SSSR count). The van der Waals surface area contributed by atoms with Crippen molar-refractivity contribution >= 4 is 21.7 Å². The average molecular weight is 257 g/mol. The van der Waals surface area contributed by atoms with Crippen LogP contribution < -0.4 is 5.06 Å². The lowest BCUT2D eigenvalue weighted by Gasteiger charge is -2.27. The maximum atomic E-state index is 5.54. The first-order valence-electron chi connectivity index (χ1n) is 4.80. The van der Waals surface area contributed by atoms with E-state index < -0.39 is 0 Å². The molecule has 2 heterocycles. The first-order valence-corrected chi connectivity index (χ1v) is 5.59. The molecule has 0 saturated carbocycles. The number of halogens is 1. The summed E-state index contributed by atoms with van der Waals surface area (Å²) in [5.74, 6) is 0.938. The third-order valence-corrected chi connectivity index (χ3v) is 2.69. The second-order valence-electron chi connectivity index (χ2n) is 3.44. The van der Waals surface area contributed by atoms with E-state index in [0.717, 1.165) is 35.4 Å². The van der Waals surface area contributed by atoms with Crippen LogP contribution in [0.25, 0.3) is 0 Å². The largest absolute Gasteiger partial charge is 0.272 e. The van der Waals surface area contributed by atoms with E-state index in [2.05, 4.69) is 27.0 Å². The van der Waals surface area contributed by atoms with Crippen molar-refractivity contribution in [2.45, 2.75) is 19.8 Å². The molecular weight excluding hydrogens is 244 g/mol. The summed E-state index contributed by atoms with van der Waals surface area (Å²) in [6.07, 6.45) is 4.13. The standard InChI is InChI=1S/C10H13BrN2O/c1-8-6-9(11)7-12-10(8)13-4-2-3-5-14-13/h6-7H,2-5H2,1H3. The fourth-order valence-electron chi connectivity index (χ4n) is 1.56. The van der Waals surface area contributed by atoms with Crippen molar-refractivity contribution in [2.75, 3.05) is 18.2 Å². The van der Waals surface area contributed by atoms with Gasteiger partial charge in [0.25, 0.3) is 0 Å². The fraction of sp³-hybridized carbons (Fsp3) is 0.500. The SMILES string of the molecule is Cc1cc(Br)cnc1N1CCCCO1. The molecule has 0 radical (unpaired) electrons. The Bertz CT molecular complexity index is 324. The second kappa shape index (κ2) is 4.28. The van der Waals surface area contributed by atoms with Crippen molar-refractivity contribution in [1.82, 2.24) is 4.98 Å². The minimum atomic E-state index is 0.803. The Labute approximate surface area is 92.2 Å². The molecule has 0 atom stereocenters. The molecule has 1 aromatic heterocycles. The summed E-state index contributed by atoms with van der Waals surface area (Å²) in [4.78, 5) is 9.90. The van der Waals surface area contributed by atoms with E-state index in [1.165, 1.54) is 6.42 Å². The first-order chi connectivity index (χ1) is 6.77. The van der Waals surface area contributed by atoms with E-state index in [1.807, 2.05) is 12.0 Å². The van der Waals surface area contributed by atoms with Crippen molar-refractivity contribution in [3.05, 3.63) is 22.3 Å². The first kappa shape index (κ1) is 9.93. The van der Waals surface area contributed by atoms with E-state index >= 15 is 0 Å². The van der Waals surface area contributed by atoms with Crippen molar-refractivity contribution in [1.29, 1.82) is 0 Å². The van der Waals surface area contributed by atoms with Gasteiger partial charge in [-0.3, -0.25) is 4.84 Å². The minimum absolute atomic E-state index is 0.803. The highest BCUT2D eigenvalue weighted by molar-refractivity contribution is 9.10. The Morgan fingerprint density at radius 1 is 1.50 bits per heavy atom. The molecule has 0 amide bonds. The second-order valence-corrected chi connectivity index (χ2v) is 4.35. The molecule has 0 aliphatic carbocycles. The molecule has 1 aromatic rings. The van der Waals surface area contributed by atoms with E-state index in [4.69, 9.17) is 4.84 Å². The molecule has 0 unspecified atom stereocenters. The van der Waals surface area contributed by atoms with Crippen LogP contribution >= 0.6 is 15.9 Å². The number of anilines is 1. The van der Waals surface area contributed by atoms with Gasteiger partial charge in [0, 0.05) is 17.2 Å². The molecule has 1 aliphatic rings. The van der Waals surface area contributed by atoms with Crippen LogP contribution in [0.5, 0.6) is 0 Å². The summed E-state index contributed by atoms with van der Waals surface area (Å²) in [6.45, 7) is 3.79. The number of aromatic nitrogens is 1. The Balaban J connectivity index is 2.22. The number of aryl methyl sites for hydroxylation is 1. The molecule has 1 aliphatic heterocycles. The van der Waals surface area contributed by atoms with Gasteiger partial charge < -0.3 is 0 Å². The van der Waals surface area contributed by atoms with Gasteiger partial charge in [-0.2, -0.15) is 0 Å². The van der Waals surface area contributed by atoms with Gasteiger partial charge in [-0.1, -0.05) is 0 Å². The van der Waals surface area contributed by atoms with Crippen LogP contribution in [-0.4, -0.2) is 18.1 Å². The molecule has 0 bridgehead atoms. The summed E-state index contributed by atoms with van der Waals surface area (Å²) >= 11 is 3.40. The van der Waals surface area contributed by atoms with Crippen LogP contribution in [0.2, 0.25) is 0 Å². The van der Waals surface area contributed by atoms with Gasteiger partial charge in [-0.25, -0.2) is 10.0 Å². The predicted molar refractivity (Wildman–Crippen MR) is 59.2 cm³/mol. The molecule has 14 heavy (non-hydrogen) atoms. The number of hydrogen-bond acceptors (Lipinski definition) is 3. The quantitative estimate of drug-likeness (QED) is 0.773.